The second-order valence-electron chi connectivity index (χ2n) is 4.61. The number of hydrogen-bond donors (Lipinski definition) is 2. The number of sulfonamides is 1. The Hall–Kier alpha value is -1.92. The zero-order valence-corrected chi connectivity index (χ0v) is 13.1. The summed E-state index contributed by atoms with van der Waals surface area (Å²) in [6.07, 6.45) is 0. The van der Waals surface area contributed by atoms with E-state index >= 15 is 0 Å². The molecule has 0 saturated carbocycles. The smallest absolute Gasteiger partial charge is 0.264 e. The molecular weight excluding hydrogens is 312 g/mol. The summed E-state index contributed by atoms with van der Waals surface area (Å²) < 4.78 is 26.5. The molecule has 5 nitrogen and oxygen atoms in total. The Morgan fingerprint density at radius 3 is 2.33 bits per heavy atom. The van der Waals surface area contributed by atoms with Crippen LogP contribution in [-0.2, 0) is 10.0 Å². The van der Waals surface area contributed by atoms with Crippen molar-refractivity contribution in [2.24, 2.45) is 0 Å². The SMILES string of the molecule is Cc1c(N)cc(Cl)cc1S(=O)(=O)N(C)c1ccc(O)cc1. The van der Waals surface area contributed by atoms with Crippen molar-refractivity contribution in [2.45, 2.75) is 11.8 Å². The molecule has 2 rings (SSSR count). The minimum atomic E-state index is -3.79. The number of halogens is 1. The van der Waals surface area contributed by atoms with Crippen LogP contribution >= 0.6 is 11.6 Å². The summed E-state index contributed by atoms with van der Waals surface area (Å²) in [6.45, 7) is 1.63. The summed E-state index contributed by atoms with van der Waals surface area (Å²) in [5, 5.41) is 9.53. The number of rotatable bonds is 3. The highest BCUT2D eigenvalue weighted by Crippen LogP contribution is 2.30. The number of benzene rings is 2. The van der Waals surface area contributed by atoms with Crippen LogP contribution in [0.15, 0.2) is 41.3 Å². The van der Waals surface area contributed by atoms with E-state index in [1.165, 1.54) is 43.4 Å². The molecule has 0 fully saturated rings. The van der Waals surface area contributed by atoms with Crippen LogP contribution in [0.25, 0.3) is 0 Å². The third-order valence-electron chi connectivity index (χ3n) is 3.22. The van der Waals surface area contributed by atoms with E-state index in [0.29, 0.717) is 16.9 Å². The minimum absolute atomic E-state index is 0.0584. The Bertz CT molecular complexity index is 774. The van der Waals surface area contributed by atoms with Crippen molar-refractivity contribution in [1.29, 1.82) is 0 Å². The van der Waals surface area contributed by atoms with Crippen LogP contribution in [0.2, 0.25) is 5.02 Å². The van der Waals surface area contributed by atoms with E-state index in [0.717, 1.165) is 4.31 Å². The van der Waals surface area contributed by atoms with Crippen molar-refractivity contribution in [3.63, 3.8) is 0 Å². The molecule has 0 amide bonds. The van der Waals surface area contributed by atoms with Gasteiger partial charge in [0, 0.05) is 17.8 Å². The Morgan fingerprint density at radius 2 is 1.76 bits per heavy atom. The molecular formula is C14H15ClN2O3S. The molecule has 112 valence electrons. The Kier molecular flexibility index (Phi) is 4.02. The third kappa shape index (κ3) is 2.91. The summed E-state index contributed by atoms with van der Waals surface area (Å²) in [4.78, 5) is 0.0584. The fraction of sp³-hybridized carbons (Fsp3) is 0.143. The quantitative estimate of drug-likeness (QED) is 0.849. The molecule has 0 spiro atoms. The molecule has 0 radical (unpaired) electrons. The van der Waals surface area contributed by atoms with Gasteiger partial charge < -0.3 is 10.8 Å². The number of anilines is 2. The molecule has 0 atom stereocenters. The van der Waals surface area contributed by atoms with E-state index in [9.17, 15) is 13.5 Å². The lowest BCUT2D eigenvalue weighted by Gasteiger charge is -2.21. The predicted molar refractivity (Wildman–Crippen MR) is 84.3 cm³/mol. The average Bonchev–Trinajstić information content (AvgIpc) is 2.42. The molecule has 0 saturated heterocycles. The van der Waals surface area contributed by atoms with Crippen molar-refractivity contribution in [3.05, 3.63) is 47.0 Å². The van der Waals surface area contributed by atoms with Gasteiger partial charge in [0.05, 0.1) is 10.6 Å². The lowest BCUT2D eigenvalue weighted by atomic mass is 10.2. The largest absolute Gasteiger partial charge is 0.508 e. The first-order chi connectivity index (χ1) is 9.73. The molecule has 2 aromatic rings. The van der Waals surface area contributed by atoms with Gasteiger partial charge in [-0.05, 0) is 48.9 Å². The number of phenols is 1. The van der Waals surface area contributed by atoms with Crippen molar-refractivity contribution in [1.82, 2.24) is 0 Å². The molecule has 0 aliphatic heterocycles. The molecule has 7 heteroatoms. The molecule has 3 N–H and O–H groups in total. The van der Waals surface area contributed by atoms with Gasteiger partial charge in [-0.2, -0.15) is 0 Å². The fourth-order valence-corrected chi connectivity index (χ4v) is 3.66. The summed E-state index contributed by atoms with van der Waals surface area (Å²) in [5.41, 5.74) is 6.97. The van der Waals surface area contributed by atoms with Crippen LogP contribution in [0.4, 0.5) is 11.4 Å². The lowest BCUT2D eigenvalue weighted by molar-refractivity contribution is 0.475. The highest BCUT2D eigenvalue weighted by molar-refractivity contribution is 7.92. The van der Waals surface area contributed by atoms with Gasteiger partial charge in [-0.25, -0.2) is 8.42 Å². The zero-order chi connectivity index (χ0) is 15.8. The van der Waals surface area contributed by atoms with E-state index < -0.39 is 10.0 Å². The van der Waals surface area contributed by atoms with Crippen LogP contribution in [0, 0.1) is 6.92 Å². The van der Waals surface area contributed by atoms with Crippen molar-refractivity contribution in [3.8, 4) is 5.75 Å². The molecule has 2 aromatic carbocycles. The Labute approximate surface area is 128 Å². The van der Waals surface area contributed by atoms with Crippen LogP contribution in [0.5, 0.6) is 5.75 Å². The zero-order valence-electron chi connectivity index (χ0n) is 11.5. The highest BCUT2D eigenvalue weighted by Gasteiger charge is 2.24. The number of aromatic hydroxyl groups is 1. The molecule has 0 aromatic heterocycles. The van der Waals surface area contributed by atoms with Gasteiger partial charge >= 0.3 is 0 Å². The van der Waals surface area contributed by atoms with E-state index in [1.54, 1.807) is 6.92 Å². The first-order valence-corrected chi connectivity index (χ1v) is 7.89. The van der Waals surface area contributed by atoms with E-state index in [-0.39, 0.29) is 15.7 Å². The number of nitrogen functional groups attached to an aromatic ring is 1. The van der Waals surface area contributed by atoms with Crippen LogP contribution in [0.1, 0.15) is 5.56 Å². The predicted octanol–water partition coefficient (Wildman–Crippen LogP) is 2.76. The topological polar surface area (TPSA) is 83.6 Å². The van der Waals surface area contributed by atoms with Crippen molar-refractivity contribution in [2.75, 3.05) is 17.1 Å². The molecule has 0 bridgehead atoms. The molecule has 0 aliphatic rings. The van der Waals surface area contributed by atoms with Crippen LogP contribution < -0.4 is 10.0 Å². The summed E-state index contributed by atoms with van der Waals surface area (Å²) in [6, 6.07) is 8.74. The van der Waals surface area contributed by atoms with Crippen LogP contribution in [-0.4, -0.2) is 20.6 Å². The number of phenolic OH excluding ortho intramolecular Hbond substituents is 1. The second kappa shape index (κ2) is 5.46. The highest BCUT2D eigenvalue weighted by atomic mass is 35.5. The summed E-state index contributed by atoms with van der Waals surface area (Å²) in [5.74, 6) is 0.0627. The van der Waals surface area contributed by atoms with Gasteiger partial charge in [-0.3, -0.25) is 4.31 Å². The average molecular weight is 327 g/mol. The minimum Gasteiger partial charge on any atom is -0.508 e. The molecule has 0 heterocycles. The maximum Gasteiger partial charge on any atom is 0.264 e. The molecule has 0 unspecified atom stereocenters. The van der Waals surface area contributed by atoms with Gasteiger partial charge in [-0.1, -0.05) is 11.6 Å². The summed E-state index contributed by atoms with van der Waals surface area (Å²) >= 11 is 5.90. The van der Waals surface area contributed by atoms with Gasteiger partial charge in [0.15, 0.2) is 0 Å². The third-order valence-corrected chi connectivity index (χ3v) is 5.35. The van der Waals surface area contributed by atoms with Gasteiger partial charge in [0.25, 0.3) is 10.0 Å². The van der Waals surface area contributed by atoms with Crippen LogP contribution in [0.3, 0.4) is 0 Å². The molecule has 21 heavy (non-hydrogen) atoms. The normalized spacial score (nSPS) is 11.4. The second-order valence-corrected chi connectivity index (χ2v) is 6.98. The maximum absolute atomic E-state index is 12.7. The first kappa shape index (κ1) is 15.5. The van der Waals surface area contributed by atoms with Crippen molar-refractivity contribution < 1.29 is 13.5 Å². The first-order valence-electron chi connectivity index (χ1n) is 6.07. The lowest BCUT2D eigenvalue weighted by Crippen LogP contribution is -2.27. The van der Waals surface area contributed by atoms with Gasteiger partial charge in [0.1, 0.15) is 5.75 Å². The maximum atomic E-state index is 12.7. The molecule has 0 aliphatic carbocycles. The Morgan fingerprint density at radius 1 is 1.19 bits per heavy atom. The Balaban J connectivity index is 2.54. The van der Waals surface area contributed by atoms with E-state index in [2.05, 4.69) is 0 Å². The standard InChI is InChI=1S/C14H15ClN2O3S/c1-9-13(16)7-10(15)8-14(9)21(19,20)17(2)11-3-5-12(18)6-4-11/h3-8,18H,16H2,1-2H3. The monoisotopic (exact) mass is 326 g/mol. The van der Waals surface area contributed by atoms with E-state index in [4.69, 9.17) is 17.3 Å². The van der Waals surface area contributed by atoms with Gasteiger partial charge in [-0.15, -0.1) is 0 Å². The number of nitrogens with two attached hydrogens (primary N) is 1. The van der Waals surface area contributed by atoms with Crippen molar-refractivity contribution >= 4 is 33.0 Å². The fourth-order valence-electron chi connectivity index (χ4n) is 1.89. The summed E-state index contributed by atoms with van der Waals surface area (Å²) in [7, 11) is -2.36. The number of hydrogen-bond acceptors (Lipinski definition) is 4. The number of nitrogens with zero attached hydrogens (tertiary/aromatic N) is 1. The van der Waals surface area contributed by atoms with Gasteiger partial charge in [0.2, 0.25) is 0 Å². The van der Waals surface area contributed by atoms with E-state index in [1.807, 2.05) is 0 Å².